The van der Waals surface area contributed by atoms with Gasteiger partial charge in [-0.3, -0.25) is 4.79 Å². The van der Waals surface area contributed by atoms with Crippen LogP contribution in [0, 0.1) is 11.3 Å². The lowest BCUT2D eigenvalue weighted by atomic mass is 9.68. The number of aliphatic carboxylic acids is 1. The molecule has 0 aromatic carbocycles. The second-order valence-electron chi connectivity index (χ2n) is 4.84. The molecule has 0 bridgehead atoms. The highest BCUT2D eigenvalue weighted by molar-refractivity contribution is 5.70. The van der Waals surface area contributed by atoms with Gasteiger partial charge in [0.25, 0.3) is 0 Å². The molecule has 2 saturated carbocycles. The Hall–Kier alpha value is -0.530. The van der Waals surface area contributed by atoms with Crippen molar-refractivity contribution in [2.75, 3.05) is 0 Å². The third-order valence-electron chi connectivity index (χ3n) is 3.95. The normalized spacial score (nSPS) is 32.2. The van der Waals surface area contributed by atoms with E-state index in [0.29, 0.717) is 5.41 Å². The Bertz CT molecular complexity index is 204. The fourth-order valence-corrected chi connectivity index (χ4v) is 3.24. The highest BCUT2D eigenvalue weighted by Crippen LogP contribution is 2.50. The van der Waals surface area contributed by atoms with Crippen LogP contribution in [0.5, 0.6) is 0 Å². The molecule has 0 amide bonds. The lowest BCUT2D eigenvalue weighted by Crippen LogP contribution is -2.29. The van der Waals surface area contributed by atoms with Crippen molar-refractivity contribution in [1.29, 1.82) is 0 Å². The van der Waals surface area contributed by atoms with Crippen LogP contribution in [0.25, 0.3) is 0 Å². The van der Waals surface area contributed by atoms with Gasteiger partial charge in [-0.05, 0) is 37.5 Å². The summed E-state index contributed by atoms with van der Waals surface area (Å²) in [6, 6.07) is 0. The van der Waals surface area contributed by atoms with E-state index in [1.54, 1.807) is 0 Å². The molecule has 2 fully saturated rings. The second kappa shape index (κ2) is 3.32. The first-order valence-corrected chi connectivity index (χ1v) is 5.45. The van der Waals surface area contributed by atoms with Gasteiger partial charge < -0.3 is 5.11 Å². The zero-order valence-corrected chi connectivity index (χ0v) is 8.09. The van der Waals surface area contributed by atoms with Gasteiger partial charge in [0.15, 0.2) is 0 Å². The lowest BCUT2D eigenvalue weighted by molar-refractivity contribution is -0.144. The molecule has 0 unspecified atom stereocenters. The van der Waals surface area contributed by atoms with Crippen molar-refractivity contribution in [2.24, 2.45) is 11.3 Å². The maximum atomic E-state index is 10.9. The Balaban J connectivity index is 2.02. The van der Waals surface area contributed by atoms with E-state index in [4.69, 9.17) is 5.11 Å². The van der Waals surface area contributed by atoms with Crippen LogP contribution in [-0.4, -0.2) is 11.1 Å². The molecule has 0 radical (unpaired) electrons. The van der Waals surface area contributed by atoms with Gasteiger partial charge in [-0.2, -0.15) is 0 Å². The van der Waals surface area contributed by atoms with Crippen LogP contribution in [0.15, 0.2) is 0 Å². The largest absolute Gasteiger partial charge is 0.481 e. The zero-order chi connectivity index (χ0) is 9.31. The predicted octanol–water partition coefficient (Wildman–Crippen LogP) is 2.82. The summed E-state index contributed by atoms with van der Waals surface area (Å²) in [7, 11) is 0. The molecule has 0 heterocycles. The summed E-state index contributed by atoms with van der Waals surface area (Å²) in [5.41, 5.74) is 0.446. The minimum atomic E-state index is -0.564. The number of hydrogen-bond donors (Lipinski definition) is 1. The minimum absolute atomic E-state index is 0.0353. The van der Waals surface area contributed by atoms with Crippen molar-refractivity contribution in [3.05, 3.63) is 0 Å². The Labute approximate surface area is 79.3 Å². The van der Waals surface area contributed by atoms with Gasteiger partial charge in [0.1, 0.15) is 0 Å². The third kappa shape index (κ3) is 1.72. The summed E-state index contributed by atoms with van der Waals surface area (Å²) >= 11 is 0. The summed E-state index contributed by atoms with van der Waals surface area (Å²) in [5.74, 6) is -0.599. The first kappa shape index (κ1) is 9.04. The van der Waals surface area contributed by atoms with Crippen molar-refractivity contribution >= 4 is 5.97 Å². The smallest absolute Gasteiger partial charge is 0.306 e. The van der Waals surface area contributed by atoms with Crippen LogP contribution < -0.4 is 0 Å². The van der Waals surface area contributed by atoms with Gasteiger partial charge in [0, 0.05) is 0 Å². The van der Waals surface area contributed by atoms with Crippen LogP contribution in [0.3, 0.4) is 0 Å². The average molecular weight is 182 g/mol. The van der Waals surface area contributed by atoms with E-state index in [1.807, 2.05) is 0 Å². The third-order valence-corrected chi connectivity index (χ3v) is 3.95. The molecule has 0 aromatic heterocycles. The monoisotopic (exact) mass is 182 g/mol. The van der Waals surface area contributed by atoms with E-state index in [2.05, 4.69) is 0 Å². The molecule has 1 atom stereocenters. The molecule has 1 spiro atoms. The van der Waals surface area contributed by atoms with Crippen molar-refractivity contribution < 1.29 is 9.90 Å². The lowest BCUT2D eigenvalue weighted by Gasteiger charge is -2.36. The standard InChI is InChI=1S/C11H18O2/c12-10(13)9-4-3-7-11(8-9)5-1-2-6-11/h9H,1-8H2,(H,12,13)/t9-/m1/s1. The fraction of sp³-hybridized carbons (Fsp3) is 0.909. The molecule has 2 heteroatoms. The van der Waals surface area contributed by atoms with Crippen molar-refractivity contribution in [3.8, 4) is 0 Å². The molecule has 2 rings (SSSR count). The van der Waals surface area contributed by atoms with Crippen LogP contribution in [-0.2, 0) is 4.79 Å². The van der Waals surface area contributed by atoms with E-state index < -0.39 is 5.97 Å². The van der Waals surface area contributed by atoms with E-state index in [9.17, 15) is 4.79 Å². The predicted molar refractivity (Wildman–Crippen MR) is 50.5 cm³/mol. The van der Waals surface area contributed by atoms with Crippen molar-refractivity contribution in [1.82, 2.24) is 0 Å². The van der Waals surface area contributed by atoms with Crippen molar-refractivity contribution in [3.63, 3.8) is 0 Å². The number of carboxylic acid groups (broad SMARTS) is 1. The van der Waals surface area contributed by atoms with E-state index in [1.165, 1.54) is 32.1 Å². The van der Waals surface area contributed by atoms with Gasteiger partial charge in [-0.1, -0.05) is 19.3 Å². The molecule has 13 heavy (non-hydrogen) atoms. The maximum Gasteiger partial charge on any atom is 0.306 e. The molecule has 2 aliphatic rings. The van der Waals surface area contributed by atoms with Crippen molar-refractivity contribution in [2.45, 2.75) is 51.4 Å². The topological polar surface area (TPSA) is 37.3 Å². The maximum absolute atomic E-state index is 10.9. The Morgan fingerprint density at radius 1 is 1.15 bits per heavy atom. The van der Waals surface area contributed by atoms with E-state index in [0.717, 1.165) is 19.3 Å². The molecule has 0 saturated heterocycles. The molecule has 0 aliphatic heterocycles. The Morgan fingerprint density at radius 3 is 2.38 bits per heavy atom. The molecular formula is C11H18O2. The summed E-state index contributed by atoms with van der Waals surface area (Å²) < 4.78 is 0. The van der Waals surface area contributed by atoms with Gasteiger partial charge in [-0.25, -0.2) is 0 Å². The molecule has 0 aromatic rings. The van der Waals surface area contributed by atoms with Gasteiger partial charge in [-0.15, -0.1) is 0 Å². The highest BCUT2D eigenvalue weighted by atomic mass is 16.4. The minimum Gasteiger partial charge on any atom is -0.481 e. The summed E-state index contributed by atoms with van der Waals surface area (Å²) in [4.78, 5) is 10.9. The summed E-state index contributed by atoms with van der Waals surface area (Å²) in [5, 5.41) is 8.98. The van der Waals surface area contributed by atoms with Gasteiger partial charge >= 0.3 is 5.97 Å². The second-order valence-corrected chi connectivity index (χ2v) is 4.84. The SMILES string of the molecule is O=C(O)[C@@H]1CCCC2(CCCC2)C1. The van der Waals surface area contributed by atoms with E-state index >= 15 is 0 Å². The molecule has 2 nitrogen and oxygen atoms in total. The molecular weight excluding hydrogens is 164 g/mol. The van der Waals surface area contributed by atoms with Gasteiger partial charge in [0.05, 0.1) is 5.92 Å². The van der Waals surface area contributed by atoms with Gasteiger partial charge in [0.2, 0.25) is 0 Å². The first-order chi connectivity index (χ1) is 6.22. The Kier molecular flexibility index (Phi) is 2.31. The zero-order valence-electron chi connectivity index (χ0n) is 8.09. The van der Waals surface area contributed by atoms with Crippen LogP contribution in [0.2, 0.25) is 0 Å². The highest BCUT2D eigenvalue weighted by Gasteiger charge is 2.40. The van der Waals surface area contributed by atoms with Crippen LogP contribution in [0.1, 0.15) is 51.4 Å². The quantitative estimate of drug-likeness (QED) is 0.677. The number of hydrogen-bond acceptors (Lipinski definition) is 1. The molecule has 2 aliphatic carbocycles. The number of carboxylic acids is 1. The molecule has 74 valence electrons. The van der Waals surface area contributed by atoms with E-state index in [-0.39, 0.29) is 5.92 Å². The Morgan fingerprint density at radius 2 is 1.77 bits per heavy atom. The first-order valence-electron chi connectivity index (χ1n) is 5.45. The van der Waals surface area contributed by atoms with Crippen LogP contribution >= 0.6 is 0 Å². The number of carbonyl (C=O) groups is 1. The fourth-order valence-electron chi connectivity index (χ4n) is 3.24. The average Bonchev–Trinajstić information content (AvgIpc) is 2.53. The van der Waals surface area contributed by atoms with Crippen LogP contribution in [0.4, 0.5) is 0 Å². The molecule has 1 N–H and O–H groups in total. The summed E-state index contributed by atoms with van der Waals surface area (Å²) in [6.07, 6.45) is 9.53. The summed E-state index contributed by atoms with van der Waals surface area (Å²) in [6.45, 7) is 0. The number of rotatable bonds is 1.